The Hall–Kier alpha value is -3.61. The van der Waals surface area contributed by atoms with E-state index in [0.29, 0.717) is 23.9 Å². The Morgan fingerprint density at radius 3 is 2.55 bits per heavy atom. The lowest BCUT2D eigenvalue weighted by atomic mass is 9.91. The fourth-order valence-corrected chi connectivity index (χ4v) is 4.73. The molecule has 1 fully saturated rings. The number of fused-ring (bicyclic) bond motifs is 2. The van der Waals surface area contributed by atoms with E-state index in [2.05, 4.69) is 20.3 Å². The number of para-hydroxylation sites is 1. The van der Waals surface area contributed by atoms with Gasteiger partial charge in [0.25, 0.3) is 11.8 Å². The number of rotatable bonds is 7. The molecule has 1 aliphatic heterocycles. The molecule has 3 aromatic heterocycles. The third kappa shape index (κ3) is 4.77. The zero-order valence-corrected chi connectivity index (χ0v) is 18.6. The normalized spacial score (nSPS) is 14.7. The summed E-state index contributed by atoms with van der Waals surface area (Å²) in [5.74, 6) is 0.670. The standard InChI is InChI=1S/C26H29N5O2/c32-25(23-16-20-17-27-12-8-22(20)29-23)28-11-4-3-5-18-9-13-31(14-10-18)26(33)24-15-19-6-1-2-7-21(19)30-24/h1-2,6-8,12,15-18,29-30H,3-5,9-11,13-14H2,(H,28,32). The van der Waals surface area contributed by atoms with Gasteiger partial charge < -0.3 is 20.2 Å². The average molecular weight is 444 g/mol. The van der Waals surface area contributed by atoms with Crippen LogP contribution in [0.1, 0.15) is 53.1 Å². The van der Waals surface area contributed by atoms with Crippen LogP contribution >= 0.6 is 0 Å². The Kier molecular flexibility index (Phi) is 6.11. The van der Waals surface area contributed by atoms with Crippen molar-refractivity contribution in [2.24, 2.45) is 5.92 Å². The van der Waals surface area contributed by atoms with Crippen LogP contribution in [-0.2, 0) is 0 Å². The molecule has 4 heterocycles. The van der Waals surface area contributed by atoms with Gasteiger partial charge in [0.15, 0.2) is 0 Å². The quantitative estimate of drug-likeness (QED) is 0.367. The fraction of sp³-hybridized carbons (Fsp3) is 0.346. The van der Waals surface area contributed by atoms with Crippen molar-refractivity contribution in [2.75, 3.05) is 19.6 Å². The number of nitrogens with zero attached hydrogens (tertiary/aromatic N) is 2. The summed E-state index contributed by atoms with van der Waals surface area (Å²) in [6, 6.07) is 13.6. The number of aromatic amines is 2. The molecule has 5 rings (SSSR count). The SMILES string of the molecule is O=C(NCCCCC1CCN(C(=O)c2cc3ccccc3[nH]2)CC1)c1cc2cnccc2[nH]1. The van der Waals surface area contributed by atoms with E-state index in [4.69, 9.17) is 0 Å². The Morgan fingerprint density at radius 2 is 1.73 bits per heavy atom. The molecule has 2 amide bonds. The van der Waals surface area contributed by atoms with Gasteiger partial charge in [-0.2, -0.15) is 0 Å². The summed E-state index contributed by atoms with van der Waals surface area (Å²) in [5, 5.41) is 5.02. The molecule has 0 atom stereocenters. The molecule has 0 spiro atoms. The summed E-state index contributed by atoms with van der Waals surface area (Å²) < 4.78 is 0. The minimum atomic E-state index is -0.0741. The van der Waals surface area contributed by atoms with E-state index in [9.17, 15) is 9.59 Å². The smallest absolute Gasteiger partial charge is 0.270 e. The zero-order valence-electron chi connectivity index (χ0n) is 18.6. The summed E-state index contributed by atoms with van der Waals surface area (Å²) >= 11 is 0. The van der Waals surface area contributed by atoms with Gasteiger partial charge in [0.1, 0.15) is 11.4 Å². The van der Waals surface area contributed by atoms with Crippen molar-refractivity contribution in [2.45, 2.75) is 32.1 Å². The molecule has 1 saturated heterocycles. The van der Waals surface area contributed by atoms with Crippen LogP contribution < -0.4 is 5.32 Å². The molecule has 0 bridgehead atoms. The van der Waals surface area contributed by atoms with E-state index < -0.39 is 0 Å². The topological polar surface area (TPSA) is 93.9 Å². The van der Waals surface area contributed by atoms with E-state index in [1.807, 2.05) is 47.4 Å². The van der Waals surface area contributed by atoms with Crippen LogP contribution in [0.25, 0.3) is 21.8 Å². The number of hydrogen-bond acceptors (Lipinski definition) is 3. The molecule has 170 valence electrons. The molecule has 7 heteroatoms. The van der Waals surface area contributed by atoms with Crippen LogP contribution in [0.2, 0.25) is 0 Å². The van der Waals surface area contributed by atoms with Crippen LogP contribution in [0, 0.1) is 5.92 Å². The largest absolute Gasteiger partial charge is 0.351 e. The first-order valence-corrected chi connectivity index (χ1v) is 11.8. The van der Waals surface area contributed by atoms with Crippen LogP contribution in [0.4, 0.5) is 0 Å². The molecular formula is C26H29N5O2. The minimum absolute atomic E-state index is 0.0741. The van der Waals surface area contributed by atoms with Crippen molar-refractivity contribution >= 4 is 33.6 Å². The third-order valence-corrected chi connectivity index (χ3v) is 6.65. The van der Waals surface area contributed by atoms with Crippen LogP contribution in [0.3, 0.4) is 0 Å². The Morgan fingerprint density at radius 1 is 0.970 bits per heavy atom. The highest BCUT2D eigenvalue weighted by atomic mass is 16.2. The van der Waals surface area contributed by atoms with Gasteiger partial charge in [0.2, 0.25) is 0 Å². The molecule has 3 N–H and O–H groups in total. The number of carbonyl (C=O) groups excluding carboxylic acids is 2. The lowest BCUT2D eigenvalue weighted by Gasteiger charge is -2.31. The summed E-state index contributed by atoms with van der Waals surface area (Å²) in [6.07, 6.45) is 8.73. The number of likely N-dealkylation sites (tertiary alicyclic amines) is 1. The fourth-order valence-electron chi connectivity index (χ4n) is 4.73. The highest BCUT2D eigenvalue weighted by molar-refractivity contribution is 5.98. The van der Waals surface area contributed by atoms with Gasteiger partial charge in [-0.3, -0.25) is 14.6 Å². The predicted octanol–water partition coefficient (Wildman–Crippen LogP) is 4.50. The number of unbranched alkanes of at least 4 members (excludes halogenated alkanes) is 1. The second-order valence-corrected chi connectivity index (χ2v) is 8.90. The van der Waals surface area contributed by atoms with Crippen molar-refractivity contribution in [3.05, 3.63) is 66.2 Å². The third-order valence-electron chi connectivity index (χ3n) is 6.65. The molecule has 7 nitrogen and oxygen atoms in total. The second kappa shape index (κ2) is 9.48. The number of amides is 2. The van der Waals surface area contributed by atoms with Gasteiger partial charge in [-0.25, -0.2) is 0 Å². The molecule has 0 radical (unpaired) electrons. The number of aromatic nitrogens is 3. The summed E-state index contributed by atoms with van der Waals surface area (Å²) in [4.78, 5) is 37.6. The number of benzene rings is 1. The van der Waals surface area contributed by atoms with Gasteiger partial charge in [0.05, 0.1) is 0 Å². The number of hydrogen-bond donors (Lipinski definition) is 3. The van der Waals surface area contributed by atoms with E-state index >= 15 is 0 Å². The molecule has 0 unspecified atom stereocenters. The van der Waals surface area contributed by atoms with Crippen LogP contribution in [0.5, 0.6) is 0 Å². The van der Waals surface area contributed by atoms with E-state index in [-0.39, 0.29) is 11.8 Å². The monoisotopic (exact) mass is 443 g/mol. The van der Waals surface area contributed by atoms with Crippen molar-refractivity contribution in [3.8, 4) is 0 Å². The number of nitrogens with one attached hydrogen (secondary N) is 3. The second-order valence-electron chi connectivity index (χ2n) is 8.90. The number of H-pyrrole nitrogens is 2. The lowest BCUT2D eigenvalue weighted by Crippen LogP contribution is -2.38. The maximum atomic E-state index is 12.9. The molecule has 1 aliphatic rings. The molecule has 33 heavy (non-hydrogen) atoms. The number of carbonyl (C=O) groups is 2. The molecule has 0 saturated carbocycles. The maximum absolute atomic E-state index is 12.9. The summed E-state index contributed by atoms with van der Waals surface area (Å²) in [7, 11) is 0. The first-order chi connectivity index (χ1) is 16.2. The van der Waals surface area contributed by atoms with Gasteiger partial charge >= 0.3 is 0 Å². The van der Waals surface area contributed by atoms with Gasteiger partial charge in [-0.05, 0) is 49.4 Å². The average Bonchev–Trinajstić information content (AvgIpc) is 3.48. The van der Waals surface area contributed by atoms with Crippen molar-refractivity contribution < 1.29 is 9.59 Å². The lowest BCUT2D eigenvalue weighted by molar-refractivity contribution is 0.0681. The van der Waals surface area contributed by atoms with E-state index in [1.165, 1.54) is 0 Å². The summed E-state index contributed by atoms with van der Waals surface area (Å²) in [6.45, 7) is 2.29. The molecule has 4 aromatic rings. The van der Waals surface area contributed by atoms with Gasteiger partial charge in [-0.1, -0.05) is 31.0 Å². The Balaban J connectivity index is 1.01. The first kappa shape index (κ1) is 21.2. The van der Waals surface area contributed by atoms with Crippen LogP contribution in [0.15, 0.2) is 54.9 Å². The van der Waals surface area contributed by atoms with Crippen molar-refractivity contribution in [1.29, 1.82) is 0 Å². The maximum Gasteiger partial charge on any atom is 0.270 e. The Bertz CT molecular complexity index is 1200. The van der Waals surface area contributed by atoms with Gasteiger partial charge in [-0.15, -0.1) is 0 Å². The summed E-state index contributed by atoms with van der Waals surface area (Å²) in [5.41, 5.74) is 3.18. The highest BCUT2D eigenvalue weighted by Gasteiger charge is 2.24. The molecular weight excluding hydrogens is 414 g/mol. The highest BCUT2D eigenvalue weighted by Crippen LogP contribution is 2.24. The number of piperidine rings is 1. The van der Waals surface area contributed by atoms with Gasteiger partial charge in [0, 0.05) is 53.8 Å². The van der Waals surface area contributed by atoms with Crippen LogP contribution in [-0.4, -0.2) is 51.3 Å². The van der Waals surface area contributed by atoms with E-state index in [0.717, 1.165) is 67.0 Å². The van der Waals surface area contributed by atoms with Crippen molar-refractivity contribution in [3.63, 3.8) is 0 Å². The minimum Gasteiger partial charge on any atom is -0.351 e. The Labute approximate surface area is 192 Å². The number of pyridine rings is 1. The van der Waals surface area contributed by atoms with Crippen molar-refractivity contribution in [1.82, 2.24) is 25.2 Å². The predicted molar refractivity (Wildman–Crippen MR) is 129 cm³/mol. The first-order valence-electron chi connectivity index (χ1n) is 11.8. The zero-order chi connectivity index (χ0) is 22.6. The van der Waals surface area contributed by atoms with E-state index in [1.54, 1.807) is 12.4 Å². The molecule has 0 aliphatic carbocycles. The molecule has 1 aromatic carbocycles.